The Labute approximate surface area is 349 Å². The zero-order chi connectivity index (χ0) is 43.1. The molecule has 0 amide bonds. The number of carbonyl (C=O) groups is 3. The minimum atomic E-state index is -4.80. The van der Waals surface area contributed by atoms with E-state index in [-0.39, 0.29) is 32.1 Å². The fourth-order valence-corrected chi connectivity index (χ4v) is 6.41. The number of unbranched alkanes of at least 4 members (excludes halogenated alkanes) is 14. The first kappa shape index (κ1) is 55.4. The number of aliphatic carboxylic acids is 1. The molecule has 0 aliphatic carbocycles. The van der Waals surface area contributed by atoms with E-state index in [9.17, 15) is 34.1 Å². The van der Waals surface area contributed by atoms with E-state index in [1.807, 2.05) is 12.2 Å². The third-order valence-corrected chi connectivity index (χ3v) is 10.2. The first-order valence-electron chi connectivity index (χ1n) is 21.8. The lowest BCUT2D eigenvalue weighted by Gasteiger charge is -2.20. The van der Waals surface area contributed by atoms with Crippen LogP contribution < -0.4 is 5.73 Å². The molecule has 336 valence electrons. The molecule has 0 aromatic carbocycles. The minimum absolute atomic E-state index is 0.116. The summed E-state index contributed by atoms with van der Waals surface area (Å²) in [4.78, 5) is 46.0. The van der Waals surface area contributed by atoms with Crippen LogP contribution in [0.4, 0.5) is 0 Å². The second-order valence-corrected chi connectivity index (χ2v) is 16.2. The Kier molecular flexibility index (Phi) is 36.8. The van der Waals surface area contributed by atoms with Gasteiger partial charge in [-0.3, -0.25) is 23.4 Å². The molecule has 0 fully saturated rings. The molecule has 0 saturated carbocycles. The summed E-state index contributed by atoms with van der Waals surface area (Å²) in [6, 6.07) is -1.57. The molecule has 0 spiro atoms. The highest BCUT2D eigenvalue weighted by atomic mass is 31.2. The molecular formula is C44H78NO12P. The van der Waals surface area contributed by atoms with Gasteiger partial charge in [0.15, 0.2) is 6.10 Å². The van der Waals surface area contributed by atoms with Crippen molar-refractivity contribution in [2.45, 2.75) is 192 Å². The van der Waals surface area contributed by atoms with E-state index >= 15 is 0 Å². The summed E-state index contributed by atoms with van der Waals surface area (Å²) in [5.41, 5.74) is 5.31. The van der Waals surface area contributed by atoms with Crippen molar-refractivity contribution in [2.75, 3.05) is 19.8 Å². The van der Waals surface area contributed by atoms with Crippen molar-refractivity contribution in [3.8, 4) is 0 Å². The number of phosphoric acid groups is 1. The fraction of sp³-hybridized carbons (Fsp3) is 0.750. The van der Waals surface area contributed by atoms with Crippen molar-refractivity contribution in [3.63, 3.8) is 0 Å². The summed E-state index contributed by atoms with van der Waals surface area (Å²) in [5, 5.41) is 29.6. The number of aliphatic hydroxyl groups is 2. The normalized spacial score (nSPS) is 15.3. The fourth-order valence-electron chi connectivity index (χ4n) is 5.63. The number of aliphatic hydroxyl groups excluding tert-OH is 2. The van der Waals surface area contributed by atoms with Crippen LogP contribution in [-0.4, -0.2) is 82.3 Å². The van der Waals surface area contributed by atoms with Gasteiger partial charge in [0.05, 0.1) is 25.4 Å². The van der Waals surface area contributed by atoms with Gasteiger partial charge in [0, 0.05) is 12.8 Å². The molecule has 5 atom stereocenters. The Hall–Kier alpha value is -2.64. The van der Waals surface area contributed by atoms with Gasteiger partial charge < -0.3 is 35.4 Å². The van der Waals surface area contributed by atoms with Gasteiger partial charge in [-0.15, -0.1) is 0 Å². The highest BCUT2D eigenvalue weighted by molar-refractivity contribution is 7.47. The van der Waals surface area contributed by atoms with Crippen LogP contribution >= 0.6 is 7.82 Å². The maximum absolute atomic E-state index is 12.7. The monoisotopic (exact) mass is 844 g/mol. The summed E-state index contributed by atoms with van der Waals surface area (Å²) in [6.45, 7) is 2.45. The molecular weight excluding hydrogens is 765 g/mol. The molecule has 6 N–H and O–H groups in total. The van der Waals surface area contributed by atoms with Crippen LogP contribution in [0.2, 0.25) is 0 Å². The van der Waals surface area contributed by atoms with Crippen LogP contribution in [0.15, 0.2) is 48.6 Å². The molecule has 0 aromatic rings. The molecule has 13 nitrogen and oxygen atoms in total. The number of rotatable bonds is 40. The van der Waals surface area contributed by atoms with Crippen molar-refractivity contribution < 1.29 is 57.7 Å². The predicted molar refractivity (Wildman–Crippen MR) is 229 cm³/mol. The van der Waals surface area contributed by atoms with Gasteiger partial charge in [0.2, 0.25) is 0 Å². The summed E-state index contributed by atoms with van der Waals surface area (Å²) < 4.78 is 32.5. The number of hydrogen-bond donors (Lipinski definition) is 5. The Balaban J connectivity index is 4.63. The number of allylic oxidation sites excluding steroid dienone is 7. The predicted octanol–water partition coefficient (Wildman–Crippen LogP) is 9.34. The van der Waals surface area contributed by atoms with Crippen molar-refractivity contribution in [1.82, 2.24) is 0 Å². The third-order valence-electron chi connectivity index (χ3n) is 9.25. The van der Waals surface area contributed by atoms with Crippen molar-refractivity contribution in [3.05, 3.63) is 48.6 Å². The van der Waals surface area contributed by atoms with E-state index in [1.165, 1.54) is 64.2 Å². The molecule has 14 heteroatoms. The lowest BCUT2D eigenvalue weighted by Crippen LogP contribution is -2.34. The second kappa shape index (κ2) is 38.6. The molecule has 0 aromatic heterocycles. The number of esters is 2. The standard InChI is InChI=1S/C44H78NO12P/c1-3-5-7-9-11-13-15-17-18-19-21-23-25-27-29-33-42(48)54-35-38(36-55-58(52,53)56-37-39(45)44(50)51)57-43(49)34-30-32-41(47)40(46)31-28-26-24-22-20-16-14-12-10-8-6-4-2/h12-15,20,22,26,28,38-41,46-47H,3-11,16-19,21,23-25,27,29-37,45H2,1-2H3,(H,50,51)(H,52,53)/b14-12-,15-13-,22-20-,28-26-/t38-,39+,40?,41?/m1/s1. The quantitative estimate of drug-likeness (QED) is 0.0169. The maximum atomic E-state index is 12.7. The van der Waals surface area contributed by atoms with Crippen LogP contribution in [0.25, 0.3) is 0 Å². The number of carbonyl (C=O) groups excluding carboxylic acids is 2. The lowest BCUT2D eigenvalue weighted by molar-refractivity contribution is -0.161. The number of phosphoric ester groups is 1. The van der Waals surface area contributed by atoms with Crippen molar-refractivity contribution >= 4 is 25.7 Å². The molecule has 58 heavy (non-hydrogen) atoms. The number of hydrogen-bond acceptors (Lipinski definition) is 11. The van der Waals surface area contributed by atoms with E-state index < -0.39 is 69.9 Å². The molecule has 0 aliphatic heterocycles. The van der Waals surface area contributed by atoms with Crippen molar-refractivity contribution in [2.24, 2.45) is 5.73 Å². The summed E-state index contributed by atoms with van der Waals surface area (Å²) >= 11 is 0. The Bertz CT molecular complexity index is 1210. The van der Waals surface area contributed by atoms with E-state index in [2.05, 4.69) is 48.8 Å². The second-order valence-electron chi connectivity index (χ2n) is 14.8. The van der Waals surface area contributed by atoms with Gasteiger partial charge in [-0.25, -0.2) is 4.57 Å². The zero-order valence-electron chi connectivity index (χ0n) is 35.6. The summed E-state index contributed by atoms with van der Waals surface area (Å²) in [5.74, 6) is -2.71. The van der Waals surface area contributed by atoms with Gasteiger partial charge in [-0.2, -0.15) is 0 Å². The van der Waals surface area contributed by atoms with E-state index in [4.69, 9.17) is 24.8 Å². The van der Waals surface area contributed by atoms with Crippen LogP contribution in [0, 0.1) is 0 Å². The topological polar surface area (TPSA) is 212 Å². The molecule has 0 radical (unpaired) electrons. The highest BCUT2D eigenvalue weighted by Gasteiger charge is 2.28. The molecule has 0 saturated heterocycles. The highest BCUT2D eigenvalue weighted by Crippen LogP contribution is 2.43. The maximum Gasteiger partial charge on any atom is 0.472 e. The molecule has 0 aliphatic rings. The van der Waals surface area contributed by atoms with Crippen LogP contribution in [0.3, 0.4) is 0 Å². The van der Waals surface area contributed by atoms with Gasteiger partial charge in [-0.05, 0) is 77.0 Å². The smallest absolute Gasteiger partial charge is 0.472 e. The zero-order valence-corrected chi connectivity index (χ0v) is 36.5. The number of carboxylic acid groups (broad SMARTS) is 1. The Morgan fingerprint density at radius 2 is 1.09 bits per heavy atom. The number of carboxylic acids is 1. The first-order valence-corrected chi connectivity index (χ1v) is 23.3. The van der Waals surface area contributed by atoms with Gasteiger partial charge in [0.25, 0.3) is 0 Å². The molecule has 0 rings (SSSR count). The van der Waals surface area contributed by atoms with Gasteiger partial charge >= 0.3 is 25.7 Å². The van der Waals surface area contributed by atoms with E-state index in [1.54, 1.807) is 6.08 Å². The van der Waals surface area contributed by atoms with Crippen LogP contribution in [-0.2, 0) is 37.5 Å². The molecule has 0 bridgehead atoms. The third kappa shape index (κ3) is 36.4. The Morgan fingerprint density at radius 1 is 0.603 bits per heavy atom. The summed E-state index contributed by atoms with van der Waals surface area (Å²) in [7, 11) is -4.80. The summed E-state index contributed by atoms with van der Waals surface area (Å²) in [6.07, 6.45) is 34.9. The van der Waals surface area contributed by atoms with Gasteiger partial charge in [0.1, 0.15) is 12.6 Å². The van der Waals surface area contributed by atoms with Crippen LogP contribution in [0.5, 0.6) is 0 Å². The molecule has 3 unspecified atom stereocenters. The number of ether oxygens (including phenoxy) is 2. The first-order chi connectivity index (χ1) is 27.9. The average molecular weight is 844 g/mol. The van der Waals surface area contributed by atoms with E-state index in [0.717, 1.165) is 44.9 Å². The average Bonchev–Trinajstić information content (AvgIpc) is 3.19. The van der Waals surface area contributed by atoms with Crippen molar-refractivity contribution in [1.29, 1.82) is 0 Å². The number of nitrogens with two attached hydrogens (primary N) is 1. The van der Waals surface area contributed by atoms with Crippen LogP contribution in [0.1, 0.15) is 168 Å². The largest absolute Gasteiger partial charge is 0.480 e. The van der Waals surface area contributed by atoms with E-state index in [0.29, 0.717) is 12.8 Å². The van der Waals surface area contributed by atoms with Gasteiger partial charge in [-0.1, -0.05) is 127 Å². The molecule has 0 heterocycles. The lowest BCUT2D eigenvalue weighted by atomic mass is 10.0. The Morgan fingerprint density at radius 3 is 1.71 bits per heavy atom. The SMILES string of the molecule is CCCCC/C=C\C/C=C\C/C=C\CC(O)C(O)CCCC(=O)O[C@H](COC(=O)CCCCCCCCC/C=C\CCCCCC)COP(=O)(O)OC[C@H](N)C(=O)O. The minimum Gasteiger partial charge on any atom is -0.480 e.